The molecule has 0 bridgehead atoms. The van der Waals surface area contributed by atoms with E-state index in [1.54, 1.807) is 5.06 Å². The summed E-state index contributed by atoms with van der Waals surface area (Å²) in [5.41, 5.74) is 2.74. The van der Waals surface area contributed by atoms with E-state index in [2.05, 4.69) is 59.5 Å². The number of ether oxygens (including phenoxy) is 6. The number of piperidine rings is 1. The van der Waals surface area contributed by atoms with E-state index in [0.29, 0.717) is 46.1 Å². The van der Waals surface area contributed by atoms with Crippen LogP contribution >= 0.6 is 0 Å². The monoisotopic (exact) mass is 726 g/mol. The molecule has 0 N–H and O–H groups in total. The van der Waals surface area contributed by atoms with Crippen molar-refractivity contribution in [3.63, 3.8) is 0 Å². The Morgan fingerprint density at radius 1 is 0.774 bits per heavy atom. The first kappa shape index (κ1) is 38.5. The molecular weight excluding hydrogens is 672 g/mol. The van der Waals surface area contributed by atoms with Gasteiger partial charge in [0.05, 0.1) is 52.3 Å². The van der Waals surface area contributed by atoms with Gasteiger partial charge in [0.25, 0.3) is 0 Å². The predicted molar refractivity (Wildman–Crippen MR) is 204 cm³/mol. The SMILES string of the molecule is CC(C)(C)OC(=O)ON1CCC(c2ccc(OCCCOCc3ccccc3)cc2)C(OCc2ccc3ccc(OCCN4CCOCC4)cc3c2)C1. The average Bonchev–Trinajstić information content (AvgIpc) is 3.15. The van der Waals surface area contributed by atoms with Crippen LogP contribution in [0.15, 0.2) is 91.0 Å². The van der Waals surface area contributed by atoms with Crippen molar-refractivity contribution in [1.82, 2.24) is 9.96 Å². The highest BCUT2D eigenvalue weighted by Gasteiger charge is 2.34. The first-order valence-corrected chi connectivity index (χ1v) is 18.8. The maximum Gasteiger partial charge on any atom is 0.528 e. The summed E-state index contributed by atoms with van der Waals surface area (Å²) < 4.78 is 35.5. The smallest absolute Gasteiger partial charge is 0.494 e. The van der Waals surface area contributed by atoms with E-state index < -0.39 is 11.8 Å². The number of hydrogen-bond donors (Lipinski definition) is 0. The summed E-state index contributed by atoms with van der Waals surface area (Å²) in [4.78, 5) is 20.5. The van der Waals surface area contributed by atoms with Gasteiger partial charge in [0.2, 0.25) is 0 Å². The molecule has 2 unspecified atom stereocenters. The van der Waals surface area contributed by atoms with Crippen molar-refractivity contribution in [2.45, 2.75) is 64.4 Å². The minimum atomic E-state index is -0.709. The molecule has 6 rings (SSSR count). The van der Waals surface area contributed by atoms with Gasteiger partial charge >= 0.3 is 6.16 Å². The van der Waals surface area contributed by atoms with Gasteiger partial charge in [-0.05, 0) is 85.0 Å². The van der Waals surface area contributed by atoms with Gasteiger partial charge in [-0.1, -0.05) is 60.7 Å². The number of morpholine rings is 1. The van der Waals surface area contributed by atoms with Crippen molar-refractivity contribution >= 4 is 16.9 Å². The molecule has 2 atom stereocenters. The first-order valence-electron chi connectivity index (χ1n) is 18.8. The Bertz CT molecular complexity index is 1710. The molecule has 0 amide bonds. The molecule has 2 fully saturated rings. The molecule has 10 heteroatoms. The number of benzene rings is 4. The van der Waals surface area contributed by atoms with E-state index in [9.17, 15) is 4.79 Å². The minimum Gasteiger partial charge on any atom is -0.494 e. The maximum atomic E-state index is 12.5. The Morgan fingerprint density at radius 2 is 1.53 bits per heavy atom. The predicted octanol–water partition coefficient (Wildman–Crippen LogP) is 7.78. The number of rotatable bonds is 16. The van der Waals surface area contributed by atoms with Crippen molar-refractivity contribution in [2.75, 3.05) is 65.8 Å². The summed E-state index contributed by atoms with van der Waals surface area (Å²) >= 11 is 0. The molecule has 0 aromatic heterocycles. The number of fused-ring (bicyclic) bond motifs is 1. The van der Waals surface area contributed by atoms with Gasteiger partial charge in [0, 0.05) is 38.5 Å². The molecule has 2 aliphatic heterocycles. The van der Waals surface area contributed by atoms with Crippen LogP contribution in [0.25, 0.3) is 10.8 Å². The van der Waals surface area contributed by atoms with Gasteiger partial charge in [-0.15, -0.1) is 5.06 Å². The normalized spacial score (nSPS) is 18.5. The lowest BCUT2D eigenvalue weighted by Crippen LogP contribution is -2.45. The minimum absolute atomic E-state index is 0.0980. The fraction of sp³-hybridized carbons (Fsp3) is 0.465. The lowest BCUT2D eigenvalue weighted by molar-refractivity contribution is -0.179. The third kappa shape index (κ3) is 12.4. The van der Waals surface area contributed by atoms with Crippen molar-refractivity contribution in [3.8, 4) is 11.5 Å². The van der Waals surface area contributed by atoms with Crippen LogP contribution in [0, 0.1) is 0 Å². The molecule has 0 saturated carbocycles. The van der Waals surface area contributed by atoms with Gasteiger partial charge in [-0.25, -0.2) is 4.79 Å². The van der Waals surface area contributed by atoms with Crippen LogP contribution in [0.1, 0.15) is 56.2 Å². The second-order valence-electron chi connectivity index (χ2n) is 14.6. The molecule has 2 heterocycles. The Labute approximate surface area is 313 Å². The molecule has 4 aromatic carbocycles. The molecule has 4 aromatic rings. The Kier molecular flexibility index (Phi) is 14.0. The first-order chi connectivity index (χ1) is 25.8. The highest BCUT2D eigenvalue weighted by Crippen LogP contribution is 2.33. The van der Waals surface area contributed by atoms with Crippen LogP contribution in [0.3, 0.4) is 0 Å². The number of carbonyl (C=O) groups excluding carboxylic acids is 1. The van der Waals surface area contributed by atoms with Crippen molar-refractivity contribution in [1.29, 1.82) is 0 Å². The van der Waals surface area contributed by atoms with Crippen molar-refractivity contribution in [3.05, 3.63) is 108 Å². The molecule has 0 aliphatic carbocycles. The van der Waals surface area contributed by atoms with Gasteiger partial charge in [0.1, 0.15) is 23.7 Å². The highest BCUT2D eigenvalue weighted by atomic mass is 16.8. The second-order valence-corrected chi connectivity index (χ2v) is 14.6. The Balaban J connectivity index is 1.05. The summed E-state index contributed by atoms with van der Waals surface area (Å²) in [7, 11) is 0. The van der Waals surface area contributed by atoms with E-state index in [4.69, 9.17) is 33.3 Å². The van der Waals surface area contributed by atoms with Crippen molar-refractivity contribution < 1.29 is 38.1 Å². The lowest BCUT2D eigenvalue weighted by atomic mass is 9.87. The lowest BCUT2D eigenvalue weighted by Gasteiger charge is -2.37. The van der Waals surface area contributed by atoms with E-state index in [1.165, 1.54) is 5.56 Å². The zero-order valence-electron chi connectivity index (χ0n) is 31.4. The third-order valence-corrected chi connectivity index (χ3v) is 9.36. The zero-order valence-corrected chi connectivity index (χ0v) is 31.4. The van der Waals surface area contributed by atoms with Crippen LogP contribution in [0.4, 0.5) is 4.79 Å². The van der Waals surface area contributed by atoms with Crippen molar-refractivity contribution in [2.24, 2.45) is 0 Å². The molecule has 0 spiro atoms. The third-order valence-electron chi connectivity index (χ3n) is 9.36. The summed E-state index contributed by atoms with van der Waals surface area (Å²) in [6, 6.07) is 31.1. The van der Waals surface area contributed by atoms with E-state index in [1.807, 2.05) is 57.2 Å². The fourth-order valence-electron chi connectivity index (χ4n) is 6.60. The maximum absolute atomic E-state index is 12.5. The largest absolute Gasteiger partial charge is 0.528 e. The molecular formula is C43H54N2O8. The van der Waals surface area contributed by atoms with Gasteiger partial charge in [-0.3, -0.25) is 4.90 Å². The molecule has 0 radical (unpaired) electrons. The van der Waals surface area contributed by atoms with Gasteiger partial charge in [-0.2, -0.15) is 0 Å². The summed E-state index contributed by atoms with van der Waals surface area (Å²) in [5.74, 6) is 1.77. The standard InChI is InChI=1S/C43H54N2O8/c1-43(2,3)52-42(46)53-45-19-18-40(36-13-15-38(16-14-36)49-24-7-23-48-31-33-8-5-4-6-9-33)41(30-45)51-32-34-10-11-35-12-17-39(29-37(35)28-34)50-27-22-44-20-25-47-26-21-44/h4-6,8-17,28-29,40-41H,7,18-27,30-32H2,1-3H3. The zero-order chi connectivity index (χ0) is 36.9. The average molecular weight is 727 g/mol. The number of hydrogen-bond acceptors (Lipinski definition) is 10. The molecule has 284 valence electrons. The Morgan fingerprint density at radius 3 is 2.32 bits per heavy atom. The van der Waals surface area contributed by atoms with Crippen LogP contribution in [0.2, 0.25) is 0 Å². The molecule has 53 heavy (non-hydrogen) atoms. The number of hydroxylamine groups is 2. The van der Waals surface area contributed by atoms with Crippen LogP contribution in [0.5, 0.6) is 11.5 Å². The number of carbonyl (C=O) groups is 1. The van der Waals surface area contributed by atoms with Crippen LogP contribution < -0.4 is 9.47 Å². The highest BCUT2D eigenvalue weighted by molar-refractivity contribution is 5.84. The topological polar surface area (TPSA) is 88.2 Å². The quantitative estimate of drug-likeness (QED) is 0.0843. The summed E-state index contributed by atoms with van der Waals surface area (Å²) in [6.45, 7) is 13.7. The van der Waals surface area contributed by atoms with E-state index in [-0.39, 0.29) is 12.0 Å². The van der Waals surface area contributed by atoms with Crippen LogP contribution in [-0.4, -0.2) is 93.6 Å². The van der Waals surface area contributed by atoms with E-state index in [0.717, 1.165) is 79.1 Å². The molecule has 2 aliphatic rings. The summed E-state index contributed by atoms with van der Waals surface area (Å²) in [5, 5.41) is 3.90. The second kappa shape index (κ2) is 19.2. The molecule has 2 saturated heterocycles. The van der Waals surface area contributed by atoms with Crippen LogP contribution in [-0.2, 0) is 37.0 Å². The van der Waals surface area contributed by atoms with Gasteiger partial charge in [0.15, 0.2) is 0 Å². The fourth-order valence-corrected chi connectivity index (χ4v) is 6.60. The summed E-state index contributed by atoms with van der Waals surface area (Å²) in [6.07, 6.45) is 0.609. The number of nitrogens with zero attached hydrogens (tertiary/aromatic N) is 2. The van der Waals surface area contributed by atoms with Gasteiger partial charge < -0.3 is 33.3 Å². The van der Waals surface area contributed by atoms with E-state index >= 15 is 0 Å². The Hall–Kier alpha value is -4.19. The molecule has 10 nitrogen and oxygen atoms in total.